The van der Waals surface area contributed by atoms with Gasteiger partial charge in [0.2, 0.25) is 0 Å². The lowest BCUT2D eigenvalue weighted by Gasteiger charge is -1.86. The Hall–Kier alpha value is -0.200. The van der Waals surface area contributed by atoms with Crippen molar-refractivity contribution in [3.63, 3.8) is 0 Å². The molecular weight excluding hydrogens is 315 g/mol. The Kier molecular flexibility index (Phi) is 2.80. The molecule has 0 unspecified atom stereocenters. The van der Waals surface area contributed by atoms with E-state index in [0.29, 0.717) is 0 Å². The van der Waals surface area contributed by atoms with Gasteiger partial charge in [0.25, 0.3) is 0 Å². The van der Waals surface area contributed by atoms with Crippen LogP contribution in [-0.2, 0) is 0 Å². The van der Waals surface area contributed by atoms with Crippen molar-refractivity contribution in [3.05, 3.63) is 32.0 Å². The summed E-state index contributed by atoms with van der Waals surface area (Å²) in [5.41, 5.74) is 0. The van der Waals surface area contributed by atoms with E-state index in [-0.39, 0.29) is 0 Å². The second-order valence-corrected chi connectivity index (χ2v) is 6.52. The number of hydrogen-bond donors (Lipinski definition) is 0. The largest absolute Gasteiger partial charge is 0.297 e. The minimum atomic E-state index is 0.790. The Morgan fingerprint density at radius 1 is 1.08 bits per heavy atom. The fraction of sp³-hybridized carbons (Fsp3) is 0. The van der Waals surface area contributed by atoms with Gasteiger partial charge in [-0.2, -0.15) is 0 Å². The first kappa shape index (κ1) is 9.36. The van der Waals surface area contributed by atoms with Crippen molar-refractivity contribution < 1.29 is 4.79 Å². The zero-order valence-corrected chi connectivity index (χ0v) is 10.3. The molecule has 66 valence electrons. The van der Waals surface area contributed by atoms with E-state index in [1.165, 1.54) is 24.0 Å². The van der Waals surface area contributed by atoms with Gasteiger partial charge in [0.1, 0.15) is 0 Å². The smallest absolute Gasteiger partial charge is 0.160 e. The van der Waals surface area contributed by atoms with Crippen LogP contribution in [0.2, 0.25) is 0 Å². The monoisotopic (exact) mass is 320 g/mol. The Morgan fingerprint density at radius 2 is 1.77 bits per heavy atom. The van der Waals surface area contributed by atoms with E-state index in [0.717, 1.165) is 11.2 Å². The van der Waals surface area contributed by atoms with Crippen LogP contribution >= 0.6 is 45.3 Å². The van der Waals surface area contributed by atoms with Crippen molar-refractivity contribution in [2.75, 3.05) is 0 Å². The average Bonchev–Trinajstić information content (AvgIpc) is 2.71. The van der Waals surface area contributed by atoms with Gasteiger partial charge in [-0.15, -0.1) is 22.7 Å². The molecule has 4 heteroatoms. The van der Waals surface area contributed by atoms with E-state index < -0.39 is 0 Å². The highest BCUT2D eigenvalue weighted by atomic mass is 127. The minimum absolute atomic E-state index is 0.790. The van der Waals surface area contributed by atoms with E-state index in [2.05, 4.69) is 34.7 Å². The summed E-state index contributed by atoms with van der Waals surface area (Å²) in [6, 6.07) is 8.03. The number of carbonyl (C=O) groups excluding carboxylic acids is 1. The molecule has 2 aromatic rings. The summed E-state index contributed by atoms with van der Waals surface area (Å²) in [5.74, 6) is 0. The highest BCUT2D eigenvalue weighted by molar-refractivity contribution is 14.1. The predicted molar refractivity (Wildman–Crippen MR) is 65.7 cm³/mol. The molecule has 0 amide bonds. The summed E-state index contributed by atoms with van der Waals surface area (Å²) in [4.78, 5) is 13.7. The molecule has 0 saturated carbocycles. The summed E-state index contributed by atoms with van der Waals surface area (Å²) < 4.78 is 1.27. The molecule has 0 N–H and O–H groups in total. The zero-order valence-electron chi connectivity index (χ0n) is 6.49. The Morgan fingerprint density at radius 3 is 2.31 bits per heavy atom. The number of halogens is 1. The van der Waals surface area contributed by atoms with Gasteiger partial charge in [0.15, 0.2) is 6.29 Å². The third kappa shape index (κ3) is 2.00. The number of thiophene rings is 2. The number of aldehydes is 1. The SMILES string of the molecule is O=Cc1ccc(-c2ccc(I)s2)s1. The summed E-state index contributed by atoms with van der Waals surface area (Å²) in [6.45, 7) is 0. The number of rotatable bonds is 2. The molecule has 0 spiro atoms. The fourth-order valence-electron chi connectivity index (χ4n) is 0.995. The van der Waals surface area contributed by atoms with Crippen molar-refractivity contribution in [3.8, 4) is 9.75 Å². The van der Waals surface area contributed by atoms with E-state index in [4.69, 9.17) is 0 Å². The van der Waals surface area contributed by atoms with Crippen LogP contribution < -0.4 is 0 Å². The zero-order chi connectivity index (χ0) is 9.26. The molecule has 0 aliphatic heterocycles. The van der Waals surface area contributed by atoms with E-state index in [1.807, 2.05) is 12.1 Å². The third-order valence-electron chi connectivity index (χ3n) is 1.56. The van der Waals surface area contributed by atoms with Gasteiger partial charge in [0, 0.05) is 9.75 Å². The summed E-state index contributed by atoms with van der Waals surface area (Å²) in [7, 11) is 0. The van der Waals surface area contributed by atoms with Gasteiger partial charge in [-0.05, 0) is 46.9 Å². The predicted octanol–water partition coefficient (Wildman–Crippen LogP) is 3.89. The van der Waals surface area contributed by atoms with Crippen molar-refractivity contribution >= 4 is 51.6 Å². The highest BCUT2D eigenvalue weighted by Crippen LogP contribution is 2.33. The van der Waals surface area contributed by atoms with E-state index >= 15 is 0 Å². The molecule has 0 radical (unpaired) electrons. The van der Waals surface area contributed by atoms with Crippen LogP contribution in [0.1, 0.15) is 9.67 Å². The first-order chi connectivity index (χ1) is 6.29. The van der Waals surface area contributed by atoms with Crippen LogP contribution in [0.5, 0.6) is 0 Å². The normalized spacial score (nSPS) is 10.2. The van der Waals surface area contributed by atoms with Gasteiger partial charge >= 0.3 is 0 Å². The van der Waals surface area contributed by atoms with E-state index in [9.17, 15) is 4.79 Å². The lowest BCUT2D eigenvalue weighted by atomic mass is 10.4. The molecule has 1 nitrogen and oxygen atoms in total. The second kappa shape index (κ2) is 3.89. The number of hydrogen-bond acceptors (Lipinski definition) is 3. The highest BCUT2D eigenvalue weighted by Gasteiger charge is 2.04. The average molecular weight is 320 g/mol. The maximum Gasteiger partial charge on any atom is 0.160 e. The van der Waals surface area contributed by atoms with Crippen LogP contribution in [0, 0.1) is 2.88 Å². The van der Waals surface area contributed by atoms with Crippen molar-refractivity contribution in [2.45, 2.75) is 0 Å². The molecular formula is C9H5IOS2. The van der Waals surface area contributed by atoms with Gasteiger partial charge in [0.05, 0.1) is 7.76 Å². The Labute approximate surface area is 97.6 Å². The van der Waals surface area contributed by atoms with Crippen molar-refractivity contribution in [1.82, 2.24) is 0 Å². The molecule has 0 aliphatic rings. The summed E-state index contributed by atoms with van der Waals surface area (Å²) in [6.07, 6.45) is 0.896. The summed E-state index contributed by atoms with van der Waals surface area (Å²) >= 11 is 5.58. The van der Waals surface area contributed by atoms with Crippen LogP contribution in [0.3, 0.4) is 0 Å². The Balaban J connectivity index is 2.40. The standard InChI is InChI=1S/C9H5IOS2/c10-9-4-3-8(13-9)7-2-1-6(5-11)12-7/h1-5H. The van der Waals surface area contributed by atoms with Gasteiger partial charge in [-0.3, -0.25) is 4.79 Å². The Bertz CT molecular complexity index is 430. The van der Waals surface area contributed by atoms with E-state index in [1.54, 1.807) is 11.3 Å². The second-order valence-electron chi connectivity index (χ2n) is 2.42. The van der Waals surface area contributed by atoms with Crippen LogP contribution in [0.15, 0.2) is 24.3 Å². The molecule has 2 aromatic heterocycles. The lowest BCUT2D eigenvalue weighted by molar-refractivity contribution is 0.112. The van der Waals surface area contributed by atoms with Crippen molar-refractivity contribution in [2.24, 2.45) is 0 Å². The first-order valence-electron chi connectivity index (χ1n) is 3.60. The van der Waals surface area contributed by atoms with Gasteiger partial charge in [-0.1, -0.05) is 0 Å². The third-order valence-corrected chi connectivity index (χ3v) is 4.66. The summed E-state index contributed by atoms with van der Waals surface area (Å²) in [5, 5.41) is 0. The molecule has 0 atom stereocenters. The fourth-order valence-corrected chi connectivity index (χ4v) is 3.53. The molecule has 0 aromatic carbocycles. The molecule has 0 saturated heterocycles. The maximum atomic E-state index is 10.5. The molecule has 2 rings (SSSR count). The molecule has 0 fully saturated rings. The molecule has 13 heavy (non-hydrogen) atoms. The van der Waals surface area contributed by atoms with Crippen LogP contribution in [-0.4, -0.2) is 6.29 Å². The van der Waals surface area contributed by atoms with Crippen LogP contribution in [0.4, 0.5) is 0 Å². The minimum Gasteiger partial charge on any atom is -0.297 e. The number of carbonyl (C=O) groups is 1. The van der Waals surface area contributed by atoms with Crippen LogP contribution in [0.25, 0.3) is 9.75 Å². The molecule has 2 heterocycles. The van der Waals surface area contributed by atoms with Crippen molar-refractivity contribution in [1.29, 1.82) is 0 Å². The molecule has 0 aliphatic carbocycles. The topological polar surface area (TPSA) is 17.1 Å². The maximum absolute atomic E-state index is 10.5. The van der Waals surface area contributed by atoms with Gasteiger partial charge in [-0.25, -0.2) is 0 Å². The lowest BCUT2D eigenvalue weighted by Crippen LogP contribution is -1.62. The first-order valence-corrected chi connectivity index (χ1v) is 6.31. The van der Waals surface area contributed by atoms with Gasteiger partial charge < -0.3 is 0 Å². The quantitative estimate of drug-likeness (QED) is 0.606. The molecule has 0 bridgehead atoms.